The molecule has 1 saturated carbocycles. The monoisotopic (exact) mass is 289 g/mol. The lowest BCUT2D eigenvalue weighted by Crippen LogP contribution is -2.47. The van der Waals surface area contributed by atoms with Crippen molar-refractivity contribution in [3.05, 3.63) is 35.9 Å². The summed E-state index contributed by atoms with van der Waals surface area (Å²) in [4.78, 5) is 24.0. The Morgan fingerprint density at radius 1 is 1.14 bits per heavy atom. The van der Waals surface area contributed by atoms with E-state index in [9.17, 15) is 9.59 Å². The van der Waals surface area contributed by atoms with E-state index in [0.717, 1.165) is 25.7 Å². The van der Waals surface area contributed by atoms with Gasteiger partial charge >= 0.3 is 5.97 Å². The molecule has 2 rings (SSSR count). The number of rotatable bonds is 4. The quantitative estimate of drug-likeness (QED) is 0.867. The summed E-state index contributed by atoms with van der Waals surface area (Å²) in [5.41, 5.74) is 0.636. The average Bonchev–Trinajstić information content (AvgIpc) is 2.50. The minimum Gasteiger partial charge on any atom is -0.460 e. The summed E-state index contributed by atoms with van der Waals surface area (Å²) in [5.74, 6) is -0.439. The molecule has 0 bridgehead atoms. The molecule has 1 aromatic rings. The maximum absolute atomic E-state index is 12.2. The van der Waals surface area contributed by atoms with Crippen LogP contribution in [0.1, 0.15) is 49.9 Å². The van der Waals surface area contributed by atoms with Gasteiger partial charge in [0.15, 0.2) is 0 Å². The van der Waals surface area contributed by atoms with Gasteiger partial charge in [-0.2, -0.15) is 0 Å². The van der Waals surface area contributed by atoms with Gasteiger partial charge in [-0.1, -0.05) is 38.5 Å². The van der Waals surface area contributed by atoms with Crippen molar-refractivity contribution in [2.45, 2.75) is 51.7 Å². The number of carbonyl (C=O) groups excluding carboxylic acids is 2. The lowest BCUT2D eigenvalue weighted by Gasteiger charge is -2.32. The summed E-state index contributed by atoms with van der Waals surface area (Å²) in [6.07, 6.45) is 3.55. The maximum atomic E-state index is 12.2. The molecule has 1 amide bonds. The minimum atomic E-state index is -0.207. The van der Waals surface area contributed by atoms with Crippen LogP contribution in [-0.2, 0) is 9.53 Å². The topological polar surface area (TPSA) is 55.4 Å². The summed E-state index contributed by atoms with van der Waals surface area (Å²) in [5, 5.41) is 3.01. The van der Waals surface area contributed by atoms with E-state index in [1.54, 1.807) is 12.1 Å². The SMILES string of the molecule is CC(C)C(=O)O[C@H]1CCCC[C@H]1NC(=O)c1ccccc1. The molecule has 114 valence electrons. The van der Waals surface area contributed by atoms with Crippen LogP contribution in [0.15, 0.2) is 30.3 Å². The van der Waals surface area contributed by atoms with Crippen molar-refractivity contribution >= 4 is 11.9 Å². The zero-order chi connectivity index (χ0) is 15.2. The fourth-order valence-electron chi connectivity index (χ4n) is 2.53. The van der Waals surface area contributed by atoms with Crippen LogP contribution in [0.5, 0.6) is 0 Å². The number of amides is 1. The molecule has 4 heteroatoms. The van der Waals surface area contributed by atoms with Crippen molar-refractivity contribution in [2.75, 3.05) is 0 Å². The van der Waals surface area contributed by atoms with Gasteiger partial charge in [0.2, 0.25) is 0 Å². The highest BCUT2D eigenvalue weighted by molar-refractivity contribution is 5.94. The Hall–Kier alpha value is -1.84. The van der Waals surface area contributed by atoms with E-state index >= 15 is 0 Å². The van der Waals surface area contributed by atoms with Gasteiger partial charge in [-0.25, -0.2) is 0 Å². The summed E-state index contributed by atoms with van der Waals surface area (Å²) < 4.78 is 5.55. The first-order valence-corrected chi connectivity index (χ1v) is 7.64. The van der Waals surface area contributed by atoms with E-state index in [1.807, 2.05) is 32.0 Å². The smallest absolute Gasteiger partial charge is 0.308 e. The molecule has 0 saturated heterocycles. The number of hydrogen-bond acceptors (Lipinski definition) is 3. The zero-order valence-electron chi connectivity index (χ0n) is 12.7. The first-order chi connectivity index (χ1) is 10.1. The molecule has 0 aliphatic heterocycles. The van der Waals surface area contributed by atoms with Crippen LogP contribution in [0.25, 0.3) is 0 Å². The number of ether oxygens (including phenoxy) is 1. The zero-order valence-corrected chi connectivity index (χ0v) is 12.7. The van der Waals surface area contributed by atoms with Gasteiger partial charge in [0.05, 0.1) is 12.0 Å². The van der Waals surface area contributed by atoms with Crippen LogP contribution in [0, 0.1) is 5.92 Å². The van der Waals surface area contributed by atoms with Gasteiger partial charge in [-0.15, -0.1) is 0 Å². The van der Waals surface area contributed by atoms with E-state index in [1.165, 1.54) is 0 Å². The molecular formula is C17H23NO3. The number of esters is 1. The van der Waals surface area contributed by atoms with E-state index in [0.29, 0.717) is 5.56 Å². The van der Waals surface area contributed by atoms with Crippen molar-refractivity contribution in [3.8, 4) is 0 Å². The Morgan fingerprint density at radius 2 is 1.81 bits per heavy atom. The normalized spacial score (nSPS) is 21.9. The van der Waals surface area contributed by atoms with E-state index in [4.69, 9.17) is 4.74 Å². The molecule has 1 fully saturated rings. The molecule has 0 spiro atoms. The lowest BCUT2D eigenvalue weighted by atomic mass is 9.92. The molecule has 2 atom stereocenters. The summed E-state index contributed by atoms with van der Waals surface area (Å²) in [7, 11) is 0. The van der Waals surface area contributed by atoms with Gasteiger partial charge in [0, 0.05) is 5.56 Å². The molecular weight excluding hydrogens is 266 g/mol. The second-order valence-electron chi connectivity index (χ2n) is 5.86. The minimum absolute atomic E-state index is 0.0887. The highest BCUT2D eigenvalue weighted by Gasteiger charge is 2.30. The molecule has 4 nitrogen and oxygen atoms in total. The third kappa shape index (κ3) is 4.31. The predicted octanol–water partition coefficient (Wildman–Crippen LogP) is 2.93. The van der Waals surface area contributed by atoms with Crippen molar-refractivity contribution in [2.24, 2.45) is 5.92 Å². The molecule has 1 N–H and O–H groups in total. The molecule has 21 heavy (non-hydrogen) atoms. The second kappa shape index (κ2) is 7.25. The van der Waals surface area contributed by atoms with Crippen molar-refractivity contribution in [1.82, 2.24) is 5.32 Å². The first kappa shape index (κ1) is 15.5. The largest absolute Gasteiger partial charge is 0.460 e. The fourth-order valence-corrected chi connectivity index (χ4v) is 2.53. The van der Waals surface area contributed by atoms with Crippen LogP contribution in [0.3, 0.4) is 0 Å². The van der Waals surface area contributed by atoms with Crippen LogP contribution < -0.4 is 5.32 Å². The number of nitrogens with one attached hydrogen (secondary N) is 1. The molecule has 0 unspecified atom stereocenters. The third-order valence-electron chi connectivity index (χ3n) is 3.79. The molecule has 1 aliphatic carbocycles. The number of carbonyl (C=O) groups is 2. The first-order valence-electron chi connectivity index (χ1n) is 7.64. The van der Waals surface area contributed by atoms with Gasteiger partial charge < -0.3 is 10.1 Å². The maximum Gasteiger partial charge on any atom is 0.308 e. The Balaban J connectivity index is 1.99. The van der Waals surface area contributed by atoms with Crippen LogP contribution in [-0.4, -0.2) is 24.0 Å². The molecule has 0 aromatic heterocycles. The van der Waals surface area contributed by atoms with Gasteiger partial charge in [0.25, 0.3) is 5.91 Å². The van der Waals surface area contributed by atoms with Crippen LogP contribution >= 0.6 is 0 Å². The van der Waals surface area contributed by atoms with Crippen molar-refractivity contribution in [3.63, 3.8) is 0 Å². The molecule has 0 heterocycles. The third-order valence-corrected chi connectivity index (χ3v) is 3.79. The van der Waals surface area contributed by atoms with Crippen LogP contribution in [0.4, 0.5) is 0 Å². The van der Waals surface area contributed by atoms with Crippen molar-refractivity contribution < 1.29 is 14.3 Å². The summed E-state index contributed by atoms with van der Waals surface area (Å²) in [6, 6.07) is 9.04. The number of hydrogen-bond donors (Lipinski definition) is 1. The Bertz CT molecular complexity index is 484. The number of benzene rings is 1. The molecule has 1 aromatic carbocycles. The fraction of sp³-hybridized carbons (Fsp3) is 0.529. The summed E-state index contributed by atoms with van der Waals surface area (Å²) in [6.45, 7) is 3.64. The van der Waals surface area contributed by atoms with E-state index < -0.39 is 0 Å². The standard InChI is InChI=1S/C17H23NO3/c1-12(2)17(20)21-15-11-7-6-10-14(15)18-16(19)13-8-4-3-5-9-13/h3-5,8-9,12,14-15H,6-7,10-11H2,1-2H3,(H,18,19)/t14-,15+/m1/s1. The van der Waals surface area contributed by atoms with Gasteiger partial charge in [0.1, 0.15) is 6.10 Å². The lowest BCUT2D eigenvalue weighted by molar-refractivity contribution is -0.155. The van der Waals surface area contributed by atoms with Crippen molar-refractivity contribution in [1.29, 1.82) is 0 Å². The Morgan fingerprint density at radius 3 is 2.48 bits per heavy atom. The van der Waals surface area contributed by atoms with Gasteiger partial charge in [-0.3, -0.25) is 9.59 Å². The van der Waals surface area contributed by atoms with E-state index in [-0.39, 0.29) is 29.9 Å². The Kier molecular flexibility index (Phi) is 5.37. The highest BCUT2D eigenvalue weighted by Crippen LogP contribution is 2.22. The van der Waals surface area contributed by atoms with E-state index in [2.05, 4.69) is 5.32 Å². The van der Waals surface area contributed by atoms with Gasteiger partial charge in [-0.05, 0) is 31.4 Å². The van der Waals surface area contributed by atoms with Crippen LogP contribution in [0.2, 0.25) is 0 Å². The molecule has 0 radical (unpaired) electrons. The second-order valence-corrected chi connectivity index (χ2v) is 5.86. The molecule has 1 aliphatic rings. The summed E-state index contributed by atoms with van der Waals surface area (Å²) >= 11 is 0. The average molecular weight is 289 g/mol. The Labute approximate surface area is 125 Å². The predicted molar refractivity (Wildman–Crippen MR) is 80.9 cm³/mol. The highest BCUT2D eigenvalue weighted by atomic mass is 16.5.